The van der Waals surface area contributed by atoms with Gasteiger partial charge in [-0.2, -0.15) is 0 Å². The van der Waals surface area contributed by atoms with Crippen LogP contribution in [0.3, 0.4) is 0 Å². The van der Waals surface area contributed by atoms with Crippen LogP contribution in [0, 0.1) is 0 Å². The summed E-state index contributed by atoms with van der Waals surface area (Å²) < 4.78 is 10.3. The highest BCUT2D eigenvalue weighted by molar-refractivity contribution is 5.82. The molecule has 0 aliphatic rings. The van der Waals surface area contributed by atoms with Crippen molar-refractivity contribution in [3.05, 3.63) is 65.7 Å². The molecule has 0 fully saturated rings. The van der Waals surface area contributed by atoms with Gasteiger partial charge in [0.1, 0.15) is 18.5 Å². The molecule has 0 bridgehead atoms. The van der Waals surface area contributed by atoms with Crippen LogP contribution in [0.25, 0.3) is 0 Å². The zero-order chi connectivity index (χ0) is 15.6. The maximum atomic E-state index is 9.95. The van der Waals surface area contributed by atoms with Crippen LogP contribution in [0.15, 0.2) is 59.8 Å². The summed E-state index contributed by atoms with van der Waals surface area (Å²) in [5.74, 6) is 0.653. The molecule has 5 nitrogen and oxygen atoms in total. The maximum Gasteiger partial charge on any atom is 0.188 e. The monoisotopic (exact) mass is 301 g/mol. The van der Waals surface area contributed by atoms with Crippen LogP contribution >= 0.6 is 0 Å². The van der Waals surface area contributed by atoms with Crippen LogP contribution in [0.2, 0.25) is 0 Å². The largest absolute Gasteiger partial charge is 0.467 e. The predicted octanol–water partition coefficient (Wildman–Crippen LogP) is 2.75. The van der Waals surface area contributed by atoms with Crippen molar-refractivity contribution < 1.29 is 19.4 Å². The van der Waals surface area contributed by atoms with Crippen LogP contribution < -0.4 is 4.74 Å². The molecular weight excluding hydrogens is 282 g/mol. The molecule has 22 heavy (non-hydrogen) atoms. The number of aliphatic hydroxyl groups is 1. The highest BCUT2D eigenvalue weighted by atomic mass is 16.7. The fraction of sp³-hybridized carbons (Fsp3) is 0.235. The number of rotatable bonds is 8. The summed E-state index contributed by atoms with van der Waals surface area (Å²) in [5, 5.41) is 13.8. The van der Waals surface area contributed by atoms with Crippen LogP contribution in [0.5, 0.6) is 5.75 Å². The van der Waals surface area contributed by atoms with Gasteiger partial charge in [-0.05, 0) is 17.7 Å². The van der Waals surface area contributed by atoms with Crippen molar-refractivity contribution in [2.75, 3.05) is 20.5 Å². The first-order chi connectivity index (χ1) is 10.8. The normalized spacial score (nSPS) is 12.3. The molecule has 0 spiro atoms. The number of hydrogen-bond donors (Lipinski definition) is 1. The number of hydrogen-bond acceptors (Lipinski definition) is 5. The van der Waals surface area contributed by atoms with Gasteiger partial charge in [0.15, 0.2) is 6.79 Å². The van der Waals surface area contributed by atoms with Gasteiger partial charge in [-0.25, -0.2) is 0 Å². The van der Waals surface area contributed by atoms with Gasteiger partial charge in [0.05, 0.1) is 6.21 Å². The number of nitrogens with zero attached hydrogens (tertiary/aromatic N) is 1. The van der Waals surface area contributed by atoms with E-state index in [9.17, 15) is 5.11 Å². The van der Waals surface area contributed by atoms with Crippen molar-refractivity contribution in [1.82, 2.24) is 0 Å². The Morgan fingerprint density at radius 2 is 1.82 bits per heavy atom. The van der Waals surface area contributed by atoms with Crippen LogP contribution in [-0.2, 0) is 9.57 Å². The number of aliphatic hydroxyl groups excluding tert-OH is 1. The minimum atomic E-state index is -0.710. The topological polar surface area (TPSA) is 60.3 Å². The summed E-state index contributed by atoms with van der Waals surface area (Å²) in [6.07, 6.45) is 0.834. The zero-order valence-corrected chi connectivity index (χ0v) is 12.4. The molecule has 0 unspecified atom stereocenters. The number of benzene rings is 2. The summed E-state index contributed by atoms with van der Waals surface area (Å²) in [6.45, 7) is 0.250. The molecule has 0 aromatic heterocycles. The quantitative estimate of drug-likeness (QED) is 0.463. The van der Waals surface area contributed by atoms with E-state index in [1.165, 1.54) is 0 Å². The van der Waals surface area contributed by atoms with E-state index in [0.717, 1.165) is 11.1 Å². The van der Waals surface area contributed by atoms with Gasteiger partial charge in [-0.15, -0.1) is 0 Å². The van der Waals surface area contributed by atoms with Crippen molar-refractivity contribution in [3.63, 3.8) is 0 Å². The SMILES string of the molecule is COCOc1ccccc1/C=N/OC[C@H](O)c1ccccc1. The van der Waals surface area contributed by atoms with E-state index in [-0.39, 0.29) is 13.4 Å². The molecule has 2 aromatic carbocycles. The molecule has 0 heterocycles. The van der Waals surface area contributed by atoms with E-state index in [2.05, 4.69) is 5.16 Å². The Morgan fingerprint density at radius 1 is 1.09 bits per heavy atom. The number of para-hydroxylation sites is 1. The van der Waals surface area contributed by atoms with Crippen LogP contribution in [-0.4, -0.2) is 31.8 Å². The second-order valence-corrected chi connectivity index (χ2v) is 4.55. The Balaban J connectivity index is 1.87. The Labute approximate surface area is 129 Å². The molecule has 5 heteroatoms. The van der Waals surface area contributed by atoms with E-state index in [4.69, 9.17) is 14.3 Å². The summed E-state index contributed by atoms with van der Waals surface area (Å²) in [7, 11) is 1.56. The number of ether oxygens (including phenoxy) is 2. The third kappa shape index (κ3) is 4.87. The second-order valence-electron chi connectivity index (χ2n) is 4.55. The zero-order valence-electron chi connectivity index (χ0n) is 12.4. The number of oxime groups is 1. The van der Waals surface area contributed by atoms with Crippen molar-refractivity contribution in [2.24, 2.45) is 5.16 Å². The van der Waals surface area contributed by atoms with Gasteiger partial charge in [-0.3, -0.25) is 0 Å². The molecule has 1 atom stereocenters. The highest BCUT2D eigenvalue weighted by Gasteiger charge is 2.06. The van der Waals surface area contributed by atoms with Gasteiger partial charge in [0.25, 0.3) is 0 Å². The first kappa shape index (κ1) is 16.0. The summed E-state index contributed by atoms with van der Waals surface area (Å²) in [6, 6.07) is 16.7. The Morgan fingerprint density at radius 3 is 2.59 bits per heavy atom. The average molecular weight is 301 g/mol. The lowest BCUT2D eigenvalue weighted by Crippen LogP contribution is -2.05. The lowest BCUT2D eigenvalue weighted by Gasteiger charge is -2.09. The third-order valence-electron chi connectivity index (χ3n) is 2.93. The van der Waals surface area contributed by atoms with Crippen molar-refractivity contribution in [1.29, 1.82) is 0 Å². The first-order valence-corrected chi connectivity index (χ1v) is 6.90. The molecule has 2 rings (SSSR count). The molecule has 0 saturated carbocycles. The Hall–Kier alpha value is -2.37. The predicted molar refractivity (Wildman–Crippen MR) is 83.9 cm³/mol. The maximum absolute atomic E-state index is 9.95. The number of methoxy groups -OCH3 is 1. The van der Waals surface area contributed by atoms with Gasteiger partial charge in [-0.1, -0.05) is 47.6 Å². The summed E-state index contributed by atoms with van der Waals surface area (Å²) in [5.41, 5.74) is 1.57. The average Bonchev–Trinajstić information content (AvgIpc) is 2.58. The molecule has 2 aromatic rings. The molecule has 1 N–H and O–H groups in total. The van der Waals surface area contributed by atoms with Crippen molar-refractivity contribution in [2.45, 2.75) is 6.10 Å². The molecule has 0 saturated heterocycles. The van der Waals surface area contributed by atoms with E-state index in [1.54, 1.807) is 13.3 Å². The lowest BCUT2D eigenvalue weighted by molar-refractivity contribution is 0.0400. The smallest absolute Gasteiger partial charge is 0.188 e. The molecule has 116 valence electrons. The molecule has 0 amide bonds. The van der Waals surface area contributed by atoms with E-state index >= 15 is 0 Å². The van der Waals surface area contributed by atoms with Gasteiger partial charge >= 0.3 is 0 Å². The van der Waals surface area contributed by atoms with E-state index in [1.807, 2.05) is 54.6 Å². The molecule has 0 aliphatic heterocycles. The van der Waals surface area contributed by atoms with Crippen LogP contribution in [0.1, 0.15) is 17.2 Å². The fourth-order valence-corrected chi connectivity index (χ4v) is 1.82. The summed E-state index contributed by atoms with van der Waals surface area (Å²) in [4.78, 5) is 5.15. The van der Waals surface area contributed by atoms with Gasteiger partial charge < -0.3 is 19.4 Å². The second kappa shape index (κ2) is 8.81. The van der Waals surface area contributed by atoms with E-state index < -0.39 is 6.10 Å². The Kier molecular flexibility index (Phi) is 6.41. The van der Waals surface area contributed by atoms with Crippen molar-refractivity contribution in [3.8, 4) is 5.75 Å². The third-order valence-corrected chi connectivity index (χ3v) is 2.93. The minimum absolute atomic E-state index is 0.0849. The van der Waals surface area contributed by atoms with Crippen molar-refractivity contribution >= 4 is 6.21 Å². The van der Waals surface area contributed by atoms with Gasteiger partial charge in [0.2, 0.25) is 0 Å². The molecular formula is C17H19NO4. The molecule has 0 aliphatic carbocycles. The minimum Gasteiger partial charge on any atom is -0.467 e. The fourth-order valence-electron chi connectivity index (χ4n) is 1.82. The first-order valence-electron chi connectivity index (χ1n) is 6.90. The van der Waals surface area contributed by atoms with Gasteiger partial charge in [0, 0.05) is 12.7 Å². The highest BCUT2D eigenvalue weighted by Crippen LogP contribution is 2.16. The summed E-state index contributed by atoms with van der Waals surface area (Å²) >= 11 is 0. The Bertz CT molecular complexity index is 586. The molecule has 0 radical (unpaired) electrons. The lowest BCUT2D eigenvalue weighted by atomic mass is 10.1. The van der Waals surface area contributed by atoms with Crippen LogP contribution in [0.4, 0.5) is 0 Å². The van der Waals surface area contributed by atoms with E-state index in [0.29, 0.717) is 5.75 Å². The standard InChI is InChI=1S/C17H19NO4/c1-20-13-21-17-10-6-5-9-15(17)11-18-22-12-16(19)14-7-3-2-4-8-14/h2-11,16,19H,12-13H2,1H3/b18-11+/t16-/m0/s1.